The SMILES string of the molecule is CCOC(=O)n1cc(C(=O)C(=O)N(C)C)c2cc(C(=O)N3C[C@H](C)N(Cc4ccc(F)cc4)C[C@H]3C)c(C)cc21. The van der Waals surface area contributed by atoms with Crippen LogP contribution in [0.1, 0.15) is 52.6 Å². The van der Waals surface area contributed by atoms with Crippen LogP contribution in [0.5, 0.6) is 0 Å². The minimum atomic E-state index is -0.781. The third-order valence-corrected chi connectivity index (χ3v) is 7.37. The molecule has 0 unspecified atom stereocenters. The lowest BCUT2D eigenvalue weighted by molar-refractivity contribution is -0.124. The number of rotatable bonds is 6. The number of Topliss-reactive ketones (excluding diaryl/α,β-unsaturated/α-hetero) is 1. The topological polar surface area (TPSA) is 92.2 Å². The quantitative estimate of drug-likeness (QED) is 0.339. The van der Waals surface area contributed by atoms with E-state index in [0.29, 0.717) is 41.7 Å². The minimum absolute atomic E-state index is 0.0290. The van der Waals surface area contributed by atoms with Gasteiger partial charge in [0.05, 0.1) is 17.7 Å². The van der Waals surface area contributed by atoms with Gasteiger partial charge in [0.1, 0.15) is 5.82 Å². The summed E-state index contributed by atoms with van der Waals surface area (Å²) in [7, 11) is 2.95. The van der Waals surface area contributed by atoms with Crippen molar-refractivity contribution >= 4 is 34.6 Å². The van der Waals surface area contributed by atoms with Gasteiger partial charge in [-0.2, -0.15) is 0 Å². The van der Waals surface area contributed by atoms with Crippen molar-refractivity contribution in [2.45, 2.75) is 46.3 Å². The monoisotopic (exact) mass is 550 g/mol. The summed E-state index contributed by atoms with van der Waals surface area (Å²) in [6, 6.07) is 9.64. The van der Waals surface area contributed by atoms with Gasteiger partial charge in [0, 0.05) is 63.0 Å². The number of aryl methyl sites for hydroxylation is 1. The van der Waals surface area contributed by atoms with E-state index in [4.69, 9.17) is 4.74 Å². The smallest absolute Gasteiger partial charge is 0.418 e. The molecule has 1 aliphatic rings. The van der Waals surface area contributed by atoms with Gasteiger partial charge >= 0.3 is 6.09 Å². The number of ketones is 1. The highest BCUT2D eigenvalue weighted by Crippen LogP contribution is 2.29. The van der Waals surface area contributed by atoms with Crippen LogP contribution >= 0.6 is 0 Å². The van der Waals surface area contributed by atoms with E-state index >= 15 is 0 Å². The van der Waals surface area contributed by atoms with Crippen molar-refractivity contribution in [1.82, 2.24) is 19.3 Å². The lowest BCUT2D eigenvalue weighted by atomic mass is 9.99. The van der Waals surface area contributed by atoms with E-state index in [-0.39, 0.29) is 36.0 Å². The van der Waals surface area contributed by atoms with Crippen molar-refractivity contribution in [3.8, 4) is 0 Å². The van der Waals surface area contributed by atoms with Gasteiger partial charge < -0.3 is 14.5 Å². The average molecular weight is 551 g/mol. The summed E-state index contributed by atoms with van der Waals surface area (Å²) in [5, 5.41) is 0.331. The predicted molar refractivity (Wildman–Crippen MR) is 149 cm³/mol. The molecular weight excluding hydrogens is 515 g/mol. The van der Waals surface area contributed by atoms with Crippen molar-refractivity contribution in [3.63, 3.8) is 0 Å². The van der Waals surface area contributed by atoms with E-state index < -0.39 is 17.8 Å². The Bertz CT molecular complexity index is 1460. The maximum absolute atomic E-state index is 13.9. The van der Waals surface area contributed by atoms with Gasteiger partial charge in [0.25, 0.3) is 17.6 Å². The highest BCUT2D eigenvalue weighted by Gasteiger charge is 2.34. The molecule has 0 spiro atoms. The highest BCUT2D eigenvalue weighted by molar-refractivity contribution is 6.45. The molecule has 40 heavy (non-hydrogen) atoms. The van der Waals surface area contributed by atoms with Gasteiger partial charge in [-0.05, 0) is 63.1 Å². The van der Waals surface area contributed by atoms with Gasteiger partial charge in [-0.15, -0.1) is 0 Å². The van der Waals surface area contributed by atoms with Gasteiger partial charge in [-0.1, -0.05) is 12.1 Å². The zero-order valence-electron chi connectivity index (χ0n) is 23.7. The molecule has 212 valence electrons. The summed E-state index contributed by atoms with van der Waals surface area (Å²) < 4.78 is 19.7. The normalized spacial score (nSPS) is 17.6. The second kappa shape index (κ2) is 11.6. The van der Waals surface area contributed by atoms with E-state index in [2.05, 4.69) is 11.8 Å². The number of likely N-dealkylation sites (N-methyl/N-ethyl adjacent to an activating group) is 1. The number of fused-ring (bicyclic) bond motifs is 1. The fraction of sp³-hybridized carbons (Fsp3) is 0.400. The van der Waals surface area contributed by atoms with Crippen LogP contribution in [-0.4, -0.2) is 88.8 Å². The van der Waals surface area contributed by atoms with E-state index in [1.165, 1.54) is 41.9 Å². The summed E-state index contributed by atoms with van der Waals surface area (Å²) in [5.74, 6) is -1.99. The van der Waals surface area contributed by atoms with Gasteiger partial charge in [-0.3, -0.25) is 23.9 Å². The van der Waals surface area contributed by atoms with Crippen LogP contribution < -0.4 is 0 Å². The highest BCUT2D eigenvalue weighted by atomic mass is 19.1. The van der Waals surface area contributed by atoms with Crippen LogP contribution in [0.4, 0.5) is 9.18 Å². The average Bonchev–Trinajstić information content (AvgIpc) is 3.28. The number of hydrogen-bond donors (Lipinski definition) is 0. The van der Waals surface area contributed by atoms with Crippen LogP contribution in [0.25, 0.3) is 10.9 Å². The zero-order valence-corrected chi connectivity index (χ0v) is 23.7. The summed E-state index contributed by atoms with van der Waals surface area (Å²) >= 11 is 0. The lowest BCUT2D eigenvalue weighted by Gasteiger charge is -2.44. The van der Waals surface area contributed by atoms with Gasteiger partial charge in [-0.25, -0.2) is 9.18 Å². The van der Waals surface area contributed by atoms with Gasteiger partial charge in [0.15, 0.2) is 0 Å². The van der Waals surface area contributed by atoms with Crippen LogP contribution in [0.15, 0.2) is 42.6 Å². The Morgan fingerprint density at radius 2 is 1.68 bits per heavy atom. The van der Waals surface area contributed by atoms with Crippen molar-refractivity contribution in [3.05, 3.63) is 70.7 Å². The first-order valence-electron chi connectivity index (χ1n) is 13.3. The number of nitrogens with zero attached hydrogens (tertiary/aromatic N) is 4. The molecule has 1 fully saturated rings. The van der Waals surface area contributed by atoms with Crippen molar-refractivity contribution < 1.29 is 28.3 Å². The van der Waals surface area contributed by atoms with E-state index in [1.54, 1.807) is 38.1 Å². The second-order valence-corrected chi connectivity index (χ2v) is 10.5. The number of piperazine rings is 1. The Kier molecular flexibility index (Phi) is 8.39. The second-order valence-electron chi connectivity index (χ2n) is 10.5. The Morgan fingerprint density at radius 3 is 2.30 bits per heavy atom. The molecule has 0 bridgehead atoms. The fourth-order valence-electron chi connectivity index (χ4n) is 5.13. The lowest BCUT2D eigenvalue weighted by Crippen LogP contribution is -2.57. The largest absolute Gasteiger partial charge is 0.449 e. The minimum Gasteiger partial charge on any atom is -0.449 e. The molecule has 2 aromatic carbocycles. The number of benzene rings is 2. The standard InChI is InChI=1S/C30H35FN4O5/c1-7-40-30(39)35-17-25(27(36)29(38)32(5)6)24-13-23(18(2)12-26(24)35)28(37)34-15-19(3)33(14-20(34)4)16-21-8-10-22(31)11-9-21/h8-13,17,19-20H,7,14-16H2,1-6H3/t19-,20+/m0/s1. The molecule has 1 saturated heterocycles. The molecule has 0 aliphatic carbocycles. The number of ether oxygens (including phenoxy) is 1. The zero-order chi connectivity index (χ0) is 29.3. The van der Waals surface area contributed by atoms with Crippen LogP contribution in [0.3, 0.4) is 0 Å². The Morgan fingerprint density at radius 1 is 1.00 bits per heavy atom. The van der Waals surface area contributed by atoms with E-state index in [1.807, 2.05) is 11.8 Å². The Hall–Kier alpha value is -4.05. The maximum atomic E-state index is 13.9. The molecule has 3 aromatic rings. The summed E-state index contributed by atoms with van der Waals surface area (Å²) in [5.41, 5.74) is 2.44. The summed E-state index contributed by atoms with van der Waals surface area (Å²) in [6.07, 6.45) is 0.626. The molecule has 0 radical (unpaired) electrons. The molecule has 9 nitrogen and oxygen atoms in total. The molecule has 1 aromatic heterocycles. The van der Waals surface area contributed by atoms with Crippen molar-refractivity contribution in [2.75, 3.05) is 33.8 Å². The summed E-state index contributed by atoms with van der Waals surface area (Å²) in [4.78, 5) is 57.4. The number of carbonyl (C=O) groups excluding carboxylic acids is 4. The molecule has 2 amide bonds. The van der Waals surface area contributed by atoms with Crippen molar-refractivity contribution in [1.29, 1.82) is 0 Å². The molecule has 2 heterocycles. The number of amides is 2. The van der Waals surface area contributed by atoms with Crippen LogP contribution in [0, 0.1) is 12.7 Å². The van der Waals surface area contributed by atoms with E-state index in [0.717, 1.165) is 5.56 Å². The predicted octanol–water partition coefficient (Wildman–Crippen LogP) is 4.10. The molecule has 0 N–H and O–H groups in total. The first-order valence-corrected chi connectivity index (χ1v) is 13.3. The third-order valence-electron chi connectivity index (χ3n) is 7.37. The Balaban J connectivity index is 1.67. The number of aromatic nitrogens is 1. The fourth-order valence-corrected chi connectivity index (χ4v) is 5.13. The molecule has 10 heteroatoms. The summed E-state index contributed by atoms with van der Waals surface area (Å²) in [6.45, 7) is 9.38. The first-order chi connectivity index (χ1) is 18.9. The third kappa shape index (κ3) is 5.62. The molecule has 2 atom stereocenters. The first kappa shape index (κ1) is 28.9. The molecule has 0 saturated carbocycles. The van der Waals surface area contributed by atoms with Crippen LogP contribution in [0.2, 0.25) is 0 Å². The van der Waals surface area contributed by atoms with Gasteiger partial charge in [0.2, 0.25) is 0 Å². The number of carbonyl (C=O) groups is 4. The molecule has 1 aliphatic heterocycles. The number of hydrogen-bond acceptors (Lipinski definition) is 6. The van der Waals surface area contributed by atoms with Crippen molar-refractivity contribution in [2.24, 2.45) is 0 Å². The van der Waals surface area contributed by atoms with Crippen LogP contribution in [-0.2, 0) is 16.1 Å². The molecular formula is C30H35FN4O5. The molecule has 4 rings (SSSR count). The van der Waals surface area contributed by atoms with E-state index in [9.17, 15) is 23.6 Å². The maximum Gasteiger partial charge on any atom is 0.418 e. The Labute approximate surface area is 233 Å². The number of halogens is 1.